The summed E-state index contributed by atoms with van der Waals surface area (Å²) in [6.45, 7) is 1.37. The Morgan fingerprint density at radius 2 is 1.86 bits per heavy atom. The minimum absolute atomic E-state index is 0.0848. The number of benzene rings is 1. The topological polar surface area (TPSA) is 57.7 Å². The summed E-state index contributed by atoms with van der Waals surface area (Å²) in [5.74, 6) is -0.601. The lowest BCUT2D eigenvalue weighted by Gasteiger charge is -2.32. The Morgan fingerprint density at radius 1 is 1.23 bits per heavy atom. The Balaban J connectivity index is 2.11. The second kappa shape index (κ2) is 6.75. The van der Waals surface area contributed by atoms with Gasteiger partial charge in [0.05, 0.1) is 5.75 Å². The van der Waals surface area contributed by atoms with Crippen LogP contribution in [0.25, 0.3) is 0 Å². The minimum Gasteiger partial charge on any atom is -0.336 e. The van der Waals surface area contributed by atoms with Gasteiger partial charge in [0.15, 0.2) is 9.84 Å². The molecule has 1 amide bonds. The highest BCUT2D eigenvalue weighted by Gasteiger charge is 2.43. The van der Waals surface area contributed by atoms with Gasteiger partial charge in [-0.25, -0.2) is 12.8 Å². The Labute approximate surface area is 130 Å². The Morgan fingerprint density at radius 3 is 2.32 bits per heavy atom. The fourth-order valence-electron chi connectivity index (χ4n) is 2.31. The highest BCUT2D eigenvalue weighted by molar-refractivity contribution is 7.94. The molecule has 5 nitrogen and oxygen atoms in total. The second-order valence-corrected chi connectivity index (χ2v) is 8.14. The Bertz CT molecular complexity index is 629. The van der Waals surface area contributed by atoms with Crippen LogP contribution in [0.1, 0.15) is 12.0 Å². The average Bonchev–Trinajstić information content (AvgIpc) is 2.44. The summed E-state index contributed by atoms with van der Waals surface area (Å²) < 4.78 is 36.3. The van der Waals surface area contributed by atoms with E-state index in [2.05, 4.69) is 0 Å². The molecule has 1 saturated heterocycles. The molecule has 0 radical (unpaired) electrons. The normalized spacial score (nSPS) is 19.7. The molecule has 1 aliphatic rings. The predicted molar refractivity (Wildman–Crippen MR) is 82.6 cm³/mol. The SMILES string of the molecule is CN(C)CCN(Cc1ccc(F)cc1)C(=O)C1CCS1(=O)=O. The number of hydrogen-bond donors (Lipinski definition) is 0. The molecule has 1 aromatic rings. The smallest absolute Gasteiger partial charge is 0.241 e. The molecule has 0 aliphatic carbocycles. The van der Waals surface area contributed by atoms with E-state index in [4.69, 9.17) is 0 Å². The van der Waals surface area contributed by atoms with Crippen molar-refractivity contribution in [1.82, 2.24) is 9.80 Å². The fraction of sp³-hybridized carbons (Fsp3) is 0.533. The van der Waals surface area contributed by atoms with Crippen molar-refractivity contribution in [3.63, 3.8) is 0 Å². The number of nitrogens with zero attached hydrogens (tertiary/aromatic N) is 2. The number of rotatable bonds is 6. The molecule has 1 heterocycles. The quantitative estimate of drug-likeness (QED) is 0.779. The summed E-state index contributed by atoms with van der Waals surface area (Å²) in [5.41, 5.74) is 0.783. The summed E-state index contributed by atoms with van der Waals surface area (Å²) in [6, 6.07) is 5.90. The number of carbonyl (C=O) groups is 1. The van der Waals surface area contributed by atoms with Crippen molar-refractivity contribution < 1.29 is 17.6 Å². The van der Waals surface area contributed by atoms with Gasteiger partial charge in [-0.2, -0.15) is 0 Å². The van der Waals surface area contributed by atoms with Gasteiger partial charge in [-0.05, 0) is 38.2 Å². The van der Waals surface area contributed by atoms with Gasteiger partial charge >= 0.3 is 0 Å². The van der Waals surface area contributed by atoms with Gasteiger partial charge in [-0.3, -0.25) is 4.79 Å². The molecule has 122 valence electrons. The van der Waals surface area contributed by atoms with Crippen LogP contribution in [0.5, 0.6) is 0 Å². The van der Waals surface area contributed by atoms with Gasteiger partial charge in [-0.1, -0.05) is 12.1 Å². The second-order valence-electron chi connectivity index (χ2n) is 5.83. The van der Waals surface area contributed by atoms with Crippen LogP contribution < -0.4 is 0 Å². The van der Waals surface area contributed by atoms with Crippen LogP contribution in [0.2, 0.25) is 0 Å². The van der Waals surface area contributed by atoms with Crippen LogP contribution in [-0.2, 0) is 21.2 Å². The maximum absolute atomic E-state index is 13.0. The first-order chi connectivity index (χ1) is 10.3. The summed E-state index contributed by atoms with van der Waals surface area (Å²) in [5, 5.41) is -0.907. The van der Waals surface area contributed by atoms with E-state index >= 15 is 0 Å². The molecule has 1 fully saturated rings. The molecule has 0 spiro atoms. The van der Waals surface area contributed by atoms with Gasteiger partial charge in [0.1, 0.15) is 11.1 Å². The average molecular weight is 328 g/mol. The van der Waals surface area contributed by atoms with Crippen LogP contribution in [0, 0.1) is 5.82 Å². The van der Waals surface area contributed by atoms with Crippen molar-refractivity contribution >= 4 is 15.7 Å². The zero-order valence-corrected chi connectivity index (χ0v) is 13.6. The van der Waals surface area contributed by atoms with E-state index < -0.39 is 15.1 Å². The zero-order chi connectivity index (χ0) is 16.3. The highest BCUT2D eigenvalue weighted by Crippen LogP contribution is 2.23. The molecule has 22 heavy (non-hydrogen) atoms. The highest BCUT2D eigenvalue weighted by atomic mass is 32.2. The standard InChI is InChI=1S/C15H21FN2O3S/c1-17(2)8-9-18(11-12-3-5-13(16)6-4-12)15(19)14-7-10-22(14,20)21/h3-6,14H,7-11H2,1-2H3. The Hall–Kier alpha value is -1.47. The van der Waals surface area contributed by atoms with Gasteiger partial charge in [-0.15, -0.1) is 0 Å². The van der Waals surface area contributed by atoms with E-state index in [0.717, 1.165) is 5.56 Å². The van der Waals surface area contributed by atoms with Crippen molar-refractivity contribution in [1.29, 1.82) is 0 Å². The summed E-state index contributed by atoms with van der Waals surface area (Å²) >= 11 is 0. The maximum atomic E-state index is 13.0. The lowest BCUT2D eigenvalue weighted by atomic mass is 10.2. The molecule has 0 N–H and O–H groups in total. The number of amides is 1. The zero-order valence-electron chi connectivity index (χ0n) is 12.8. The van der Waals surface area contributed by atoms with Crippen LogP contribution in [0.3, 0.4) is 0 Å². The number of likely N-dealkylation sites (N-methyl/N-ethyl adjacent to an activating group) is 1. The summed E-state index contributed by atoms with van der Waals surface area (Å²) in [4.78, 5) is 16.0. The molecule has 0 saturated carbocycles. The van der Waals surface area contributed by atoms with Crippen LogP contribution in [0.4, 0.5) is 4.39 Å². The molecule has 0 aromatic heterocycles. The van der Waals surface area contributed by atoms with E-state index in [1.807, 2.05) is 19.0 Å². The minimum atomic E-state index is -3.27. The Kier molecular flexibility index (Phi) is 5.18. The first kappa shape index (κ1) is 16.9. The van der Waals surface area contributed by atoms with Crippen molar-refractivity contribution in [2.24, 2.45) is 0 Å². The summed E-state index contributed by atoms with van der Waals surface area (Å²) in [6.07, 6.45) is 0.392. The van der Waals surface area contributed by atoms with Crippen molar-refractivity contribution in [3.8, 4) is 0 Å². The number of sulfone groups is 1. The molecular weight excluding hydrogens is 307 g/mol. The molecule has 2 rings (SSSR count). The first-order valence-electron chi connectivity index (χ1n) is 7.19. The van der Waals surface area contributed by atoms with Gasteiger partial charge in [0, 0.05) is 19.6 Å². The van der Waals surface area contributed by atoms with E-state index in [1.165, 1.54) is 12.1 Å². The molecule has 1 atom stereocenters. The third-order valence-electron chi connectivity index (χ3n) is 3.79. The van der Waals surface area contributed by atoms with Crippen LogP contribution >= 0.6 is 0 Å². The molecule has 1 unspecified atom stereocenters. The molecule has 1 aromatic carbocycles. The first-order valence-corrected chi connectivity index (χ1v) is 8.90. The van der Waals surface area contributed by atoms with Crippen molar-refractivity contribution in [2.75, 3.05) is 32.9 Å². The predicted octanol–water partition coefficient (Wildman–Crippen LogP) is 0.903. The van der Waals surface area contributed by atoms with E-state index in [0.29, 0.717) is 26.1 Å². The number of carbonyl (C=O) groups excluding carboxylic acids is 1. The molecule has 0 bridgehead atoms. The van der Waals surface area contributed by atoms with Crippen molar-refractivity contribution in [2.45, 2.75) is 18.2 Å². The van der Waals surface area contributed by atoms with Crippen molar-refractivity contribution in [3.05, 3.63) is 35.6 Å². The maximum Gasteiger partial charge on any atom is 0.241 e. The largest absolute Gasteiger partial charge is 0.336 e. The monoisotopic (exact) mass is 328 g/mol. The van der Waals surface area contributed by atoms with E-state index in [-0.39, 0.29) is 17.5 Å². The summed E-state index contributed by atoms with van der Waals surface area (Å²) in [7, 11) is 0.510. The van der Waals surface area contributed by atoms with Crippen LogP contribution in [0.15, 0.2) is 24.3 Å². The third-order valence-corrected chi connectivity index (χ3v) is 5.90. The van der Waals surface area contributed by atoms with Gasteiger partial charge in [0.2, 0.25) is 5.91 Å². The molecule has 1 aliphatic heterocycles. The van der Waals surface area contributed by atoms with E-state index in [1.54, 1.807) is 17.0 Å². The molecular formula is C15H21FN2O3S. The van der Waals surface area contributed by atoms with Gasteiger partial charge < -0.3 is 9.80 Å². The van der Waals surface area contributed by atoms with Crippen LogP contribution in [-0.4, -0.2) is 62.3 Å². The lowest BCUT2D eigenvalue weighted by Crippen LogP contribution is -2.51. The lowest BCUT2D eigenvalue weighted by molar-refractivity contribution is -0.131. The number of hydrogen-bond acceptors (Lipinski definition) is 4. The number of halogens is 1. The van der Waals surface area contributed by atoms with Gasteiger partial charge in [0.25, 0.3) is 0 Å². The molecule has 7 heteroatoms. The third kappa shape index (κ3) is 4.04. The fourth-order valence-corrected chi connectivity index (χ4v) is 3.62. The van der Waals surface area contributed by atoms with E-state index in [9.17, 15) is 17.6 Å².